The maximum absolute atomic E-state index is 13.7. The Balaban J connectivity index is 1.43. The van der Waals surface area contributed by atoms with E-state index in [0.717, 1.165) is 24.2 Å². The summed E-state index contributed by atoms with van der Waals surface area (Å²) in [6.45, 7) is 3.91. The first-order valence-electron chi connectivity index (χ1n) is 12.6. The van der Waals surface area contributed by atoms with Crippen LogP contribution in [0.25, 0.3) is 0 Å². The Bertz CT molecular complexity index is 1020. The van der Waals surface area contributed by atoms with Crippen molar-refractivity contribution in [2.45, 2.75) is 51.1 Å². The van der Waals surface area contributed by atoms with Crippen molar-refractivity contribution in [2.75, 3.05) is 26.7 Å². The molecule has 186 valence electrons. The van der Waals surface area contributed by atoms with Gasteiger partial charge in [0.05, 0.1) is 19.1 Å². The summed E-state index contributed by atoms with van der Waals surface area (Å²) in [5, 5.41) is 3.10. The molecule has 0 aromatic heterocycles. The summed E-state index contributed by atoms with van der Waals surface area (Å²) in [6.07, 6.45) is 3.55. The third kappa shape index (κ3) is 5.66. The number of piperidine rings is 1. The molecule has 2 aliphatic heterocycles. The Morgan fingerprint density at radius 1 is 1.03 bits per heavy atom. The molecule has 0 spiro atoms. The summed E-state index contributed by atoms with van der Waals surface area (Å²) in [5.74, 6) is 0.348. The number of hydrogen-bond acceptors (Lipinski definition) is 4. The van der Waals surface area contributed by atoms with Gasteiger partial charge in [-0.15, -0.1) is 0 Å². The lowest BCUT2D eigenvalue weighted by molar-refractivity contribution is -0.137. The first-order chi connectivity index (χ1) is 17.0. The molecule has 2 heterocycles. The summed E-state index contributed by atoms with van der Waals surface area (Å²) in [6, 6.07) is 16.7. The smallest absolute Gasteiger partial charge is 0.251 e. The van der Waals surface area contributed by atoms with Gasteiger partial charge in [0.15, 0.2) is 0 Å². The van der Waals surface area contributed by atoms with E-state index in [1.807, 2.05) is 52.3 Å². The number of hydrogen-bond donors (Lipinski definition) is 1. The number of ether oxygens (including phenoxy) is 1. The van der Waals surface area contributed by atoms with Crippen molar-refractivity contribution in [2.24, 2.45) is 5.92 Å². The minimum Gasteiger partial charge on any atom is -0.497 e. The fourth-order valence-corrected chi connectivity index (χ4v) is 5.15. The molecule has 35 heavy (non-hydrogen) atoms. The second-order valence-electron chi connectivity index (χ2n) is 9.41. The molecule has 2 atom stereocenters. The zero-order valence-electron chi connectivity index (χ0n) is 20.6. The minimum atomic E-state index is -0.400. The Morgan fingerprint density at radius 2 is 1.71 bits per heavy atom. The standard InChI is InChI=1S/C28H35N3O4/c1-3-4-16-31-25(32)19-24(26(31)20-10-12-23(35-2)13-11-20)28(34)30-17-14-22(15-18-30)29-27(33)21-8-6-5-7-9-21/h5-13,22,24,26H,3-4,14-19H2,1-2H3,(H,29,33)/t24-,26+/m0/s1. The molecule has 0 saturated carbocycles. The highest BCUT2D eigenvalue weighted by molar-refractivity contribution is 5.94. The van der Waals surface area contributed by atoms with E-state index >= 15 is 0 Å². The molecule has 3 amide bonds. The van der Waals surface area contributed by atoms with Crippen LogP contribution in [-0.4, -0.2) is 60.3 Å². The van der Waals surface area contributed by atoms with E-state index in [1.165, 1.54) is 0 Å². The number of carbonyl (C=O) groups excluding carboxylic acids is 3. The van der Waals surface area contributed by atoms with Gasteiger partial charge in [-0.3, -0.25) is 14.4 Å². The van der Waals surface area contributed by atoms with Crippen molar-refractivity contribution in [1.29, 1.82) is 0 Å². The number of nitrogens with zero attached hydrogens (tertiary/aromatic N) is 2. The second kappa shape index (κ2) is 11.4. The highest BCUT2D eigenvalue weighted by Crippen LogP contribution is 2.40. The molecule has 0 unspecified atom stereocenters. The van der Waals surface area contributed by atoms with Gasteiger partial charge in [-0.2, -0.15) is 0 Å². The normalized spacial score (nSPS) is 20.7. The monoisotopic (exact) mass is 477 g/mol. The van der Waals surface area contributed by atoms with E-state index in [1.54, 1.807) is 19.2 Å². The van der Waals surface area contributed by atoms with E-state index in [2.05, 4.69) is 12.2 Å². The van der Waals surface area contributed by atoms with Crippen molar-refractivity contribution < 1.29 is 19.1 Å². The molecule has 7 heteroatoms. The Morgan fingerprint density at radius 3 is 2.34 bits per heavy atom. The first kappa shape index (κ1) is 24.8. The van der Waals surface area contributed by atoms with Crippen molar-refractivity contribution in [1.82, 2.24) is 15.1 Å². The summed E-state index contributed by atoms with van der Waals surface area (Å²) in [5.41, 5.74) is 1.61. The van der Waals surface area contributed by atoms with E-state index in [9.17, 15) is 14.4 Å². The predicted molar refractivity (Wildman–Crippen MR) is 134 cm³/mol. The van der Waals surface area contributed by atoms with Gasteiger partial charge in [0.2, 0.25) is 11.8 Å². The van der Waals surface area contributed by atoms with Crippen LogP contribution in [0.3, 0.4) is 0 Å². The third-order valence-corrected chi connectivity index (χ3v) is 7.14. The van der Waals surface area contributed by atoms with Crippen LogP contribution in [0, 0.1) is 5.92 Å². The van der Waals surface area contributed by atoms with Crippen LogP contribution in [0.2, 0.25) is 0 Å². The Kier molecular flexibility index (Phi) is 8.06. The van der Waals surface area contributed by atoms with Gasteiger partial charge in [-0.25, -0.2) is 0 Å². The van der Waals surface area contributed by atoms with Crippen LogP contribution in [0.15, 0.2) is 54.6 Å². The molecule has 0 bridgehead atoms. The minimum absolute atomic E-state index is 0.0333. The molecule has 2 aromatic carbocycles. The zero-order chi connectivity index (χ0) is 24.8. The molecule has 2 aromatic rings. The number of nitrogens with one attached hydrogen (secondary N) is 1. The fraction of sp³-hybridized carbons (Fsp3) is 0.464. The first-order valence-corrected chi connectivity index (χ1v) is 12.6. The average Bonchev–Trinajstić information content (AvgIpc) is 3.23. The molecular weight excluding hydrogens is 442 g/mol. The molecule has 2 aliphatic rings. The maximum atomic E-state index is 13.7. The van der Waals surface area contributed by atoms with E-state index in [0.29, 0.717) is 38.0 Å². The van der Waals surface area contributed by atoms with Gasteiger partial charge in [-0.05, 0) is 49.1 Å². The molecule has 7 nitrogen and oxygen atoms in total. The highest BCUT2D eigenvalue weighted by atomic mass is 16.5. The van der Waals surface area contributed by atoms with Crippen molar-refractivity contribution in [3.05, 3.63) is 65.7 Å². The molecule has 2 saturated heterocycles. The summed E-state index contributed by atoms with van der Waals surface area (Å²) in [4.78, 5) is 42.9. The number of unbranched alkanes of at least 4 members (excludes halogenated alkanes) is 1. The summed E-state index contributed by atoms with van der Waals surface area (Å²) >= 11 is 0. The van der Waals surface area contributed by atoms with Crippen LogP contribution in [-0.2, 0) is 9.59 Å². The highest BCUT2D eigenvalue weighted by Gasteiger charge is 2.45. The number of amides is 3. The second-order valence-corrected chi connectivity index (χ2v) is 9.41. The maximum Gasteiger partial charge on any atom is 0.251 e. The molecular formula is C28H35N3O4. The van der Waals surface area contributed by atoms with Gasteiger partial charge in [0.25, 0.3) is 5.91 Å². The van der Waals surface area contributed by atoms with E-state index in [4.69, 9.17) is 4.74 Å². The largest absolute Gasteiger partial charge is 0.497 e. The van der Waals surface area contributed by atoms with Gasteiger partial charge >= 0.3 is 0 Å². The van der Waals surface area contributed by atoms with Gasteiger partial charge in [0, 0.05) is 37.7 Å². The summed E-state index contributed by atoms with van der Waals surface area (Å²) < 4.78 is 5.29. The van der Waals surface area contributed by atoms with Crippen LogP contribution in [0.4, 0.5) is 0 Å². The topological polar surface area (TPSA) is 79.0 Å². The third-order valence-electron chi connectivity index (χ3n) is 7.14. The van der Waals surface area contributed by atoms with E-state index < -0.39 is 5.92 Å². The van der Waals surface area contributed by atoms with Crippen LogP contribution in [0.5, 0.6) is 5.75 Å². The lowest BCUT2D eigenvalue weighted by Crippen LogP contribution is -2.48. The number of likely N-dealkylation sites (tertiary alicyclic amines) is 2. The van der Waals surface area contributed by atoms with Crippen molar-refractivity contribution in [3.8, 4) is 5.75 Å². The number of carbonyl (C=O) groups is 3. The van der Waals surface area contributed by atoms with Gasteiger partial charge < -0.3 is 19.9 Å². The predicted octanol–water partition coefficient (Wildman–Crippen LogP) is 3.81. The number of methoxy groups -OCH3 is 1. The molecule has 1 N–H and O–H groups in total. The molecule has 0 aliphatic carbocycles. The SMILES string of the molecule is CCCCN1C(=O)C[C@H](C(=O)N2CCC(NC(=O)c3ccccc3)CC2)[C@H]1c1ccc(OC)cc1. The zero-order valence-corrected chi connectivity index (χ0v) is 20.6. The molecule has 2 fully saturated rings. The van der Waals surface area contributed by atoms with Crippen LogP contribution in [0.1, 0.15) is 61.0 Å². The van der Waals surface area contributed by atoms with Gasteiger partial charge in [-0.1, -0.05) is 43.7 Å². The lowest BCUT2D eigenvalue weighted by atomic mass is 9.91. The van der Waals surface area contributed by atoms with Crippen LogP contribution >= 0.6 is 0 Å². The number of benzene rings is 2. The Hall–Kier alpha value is -3.35. The van der Waals surface area contributed by atoms with Crippen LogP contribution < -0.4 is 10.1 Å². The Labute approximate surface area is 207 Å². The van der Waals surface area contributed by atoms with Gasteiger partial charge in [0.1, 0.15) is 5.75 Å². The quantitative estimate of drug-likeness (QED) is 0.627. The fourth-order valence-electron chi connectivity index (χ4n) is 5.15. The molecule has 0 radical (unpaired) electrons. The summed E-state index contributed by atoms with van der Waals surface area (Å²) in [7, 11) is 1.62. The number of rotatable bonds is 8. The van der Waals surface area contributed by atoms with E-state index in [-0.39, 0.29) is 36.2 Å². The van der Waals surface area contributed by atoms with Crippen molar-refractivity contribution >= 4 is 17.7 Å². The molecule has 4 rings (SSSR count). The van der Waals surface area contributed by atoms with Crippen molar-refractivity contribution in [3.63, 3.8) is 0 Å². The average molecular weight is 478 g/mol. The lowest BCUT2D eigenvalue weighted by Gasteiger charge is -2.36.